The van der Waals surface area contributed by atoms with Gasteiger partial charge in [0.05, 0.1) is 24.1 Å². The Morgan fingerprint density at radius 2 is 2.20 bits per heavy atom. The van der Waals surface area contributed by atoms with Gasteiger partial charge in [-0.15, -0.1) is 0 Å². The minimum Gasteiger partial charge on any atom is -0.461 e. The highest BCUT2D eigenvalue weighted by Gasteiger charge is 2.29. The second-order valence-electron chi connectivity index (χ2n) is 5.86. The number of fused-ring (bicyclic) bond motifs is 1. The van der Waals surface area contributed by atoms with Crippen molar-refractivity contribution < 1.29 is 9.53 Å². The number of imidazole rings is 1. The van der Waals surface area contributed by atoms with Gasteiger partial charge in [0.15, 0.2) is 11.3 Å². The van der Waals surface area contributed by atoms with Gasteiger partial charge in [0.2, 0.25) is 0 Å². The van der Waals surface area contributed by atoms with Crippen molar-refractivity contribution in [3.05, 3.63) is 50.6 Å². The summed E-state index contributed by atoms with van der Waals surface area (Å²) in [5, 5.41) is 4.37. The van der Waals surface area contributed by atoms with Crippen LogP contribution in [0.4, 0.5) is 0 Å². The SMILES string of the molecule is CCOC(=O)c1cn2nc(-c3c[nH]c(=O)[nH]c3=O)cc(C3CC3)c2n1. The van der Waals surface area contributed by atoms with E-state index in [0.29, 0.717) is 17.3 Å². The number of H-pyrrole nitrogens is 2. The molecule has 0 radical (unpaired) electrons. The van der Waals surface area contributed by atoms with Crippen molar-refractivity contribution in [2.24, 2.45) is 0 Å². The smallest absolute Gasteiger partial charge is 0.358 e. The summed E-state index contributed by atoms with van der Waals surface area (Å²) in [5.41, 5.74) is 1.21. The Labute approximate surface area is 140 Å². The van der Waals surface area contributed by atoms with Gasteiger partial charge < -0.3 is 9.72 Å². The number of esters is 1. The molecule has 0 bridgehead atoms. The van der Waals surface area contributed by atoms with E-state index in [0.717, 1.165) is 18.4 Å². The van der Waals surface area contributed by atoms with Crippen LogP contribution in [0.5, 0.6) is 0 Å². The largest absolute Gasteiger partial charge is 0.461 e. The fourth-order valence-electron chi connectivity index (χ4n) is 2.73. The summed E-state index contributed by atoms with van der Waals surface area (Å²) in [5.74, 6) is -0.193. The van der Waals surface area contributed by atoms with E-state index in [4.69, 9.17) is 4.74 Å². The fraction of sp³-hybridized carbons (Fsp3) is 0.312. The van der Waals surface area contributed by atoms with Crippen LogP contribution >= 0.6 is 0 Å². The molecule has 128 valence electrons. The van der Waals surface area contributed by atoms with E-state index in [1.807, 2.05) is 0 Å². The van der Waals surface area contributed by atoms with E-state index >= 15 is 0 Å². The van der Waals surface area contributed by atoms with Crippen LogP contribution in [0.1, 0.15) is 41.7 Å². The van der Waals surface area contributed by atoms with Crippen molar-refractivity contribution in [1.29, 1.82) is 0 Å². The average molecular weight is 341 g/mol. The number of ether oxygens (including phenoxy) is 1. The van der Waals surface area contributed by atoms with Gasteiger partial charge in [-0.25, -0.2) is 19.1 Å². The average Bonchev–Trinajstić information content (AvgIpc) is 3.32. The molecule has 0 aromatic carbocycles. The maximum absolute atomic E-state index is 12.1. The quantitative estimate of drug-likeness (QED) is 0.678. The number of aromatic amines is 2. The molecule has 25 heavy (non-hydrogen) atoms. The summed E-state index contributed by atoms with van der Waals surface area (Å²) >= 11 is 0. The monoisotopic (exact) mass is 341 g/mol. The minimum absolute atomic E-state index is 0.170. The van der Waals surface area contributed by atoms with Crippen LogP contribution in [-0.2, 0) is 4.74 Å². The van der Waals surface area contributed by atoms with Gasteiger partial charge in [-0.3, -0.25) is 9.78 Å². The summed E-state index contributed by atoms with van der Waals surface area (Å²) in [4.78, 5) is 44.2. The van der Waals surface area contributed by atoms with Crippen molar-refractivity contribution >= 4 is 11.6 Å². The van der Waals surface area contributed by atoms with Crippen LogP contribution in [0.2, 0.25) is 0 Å². The van der Waals surface area contributed by atoms with Crippen LogP contribution < -0.4 is 11.2 Å². The van der Waals surface area contributed by atoms with Gasteiger partial charge in [-0.1, -0.05) is 0 Å². The van der Waals surface area contributed by atoms with Gasteiger partial charge in [0.25, 0.3) is 5.56 Å². The lowest BCUT2D eigenvalue weighted by Gasteiger charge is -2.05. The molecule has 3 heterocycles. The Balaban J connectivity index is 1.90. The number of aromatic nitrogens is 5. The maximum atomic E-state index is 12.1. The first-order valence-corrected chi connectivity index (χ1v) is 7.96. The Morgan fingerprint density at radius 1 is 1.40 bits per heavy atom. The lowest BCUT2D eigenvalue weighted by Crippen LogP contribution is -2.23. The number of hydrogen-bond donors (Lipinski definition) is 2. The van der Waals surface area contributed by atoms with E-state index < -0.39 is 17.2 Å². The summed E-state index contributed by atoms with van der Waals surface area (Å²) < 4.78 is 6.47. The predicted molar refractivity (Wildman–Crippen MR) is 87.6 cm³/mol. The van der Waals surface area contributed by atoms with Gasteiger partial charge in [0, 0.05) is 11.8 Å². The highest BCUT2D eigenvalue weighted by Crippen LogP contribution is 2.42. The first-order valence-electron chi connectivity index (χ1n) is 7.96. The third-order valence-corrected chi connectivity index (χ3v) is 4.05. The first kappa shape index (κ1) is 15.3. The Morgan fingerprint density at radius 3 is 2.88 bits per heavy atom. The molecule has 1 fully saturated rings. The zero-order valence-corrected chi connectivity index (χ0v) is 13.4. The maximum Gasteiger partial charge on any atom is 0.358 e. The standard InChI is InChI=1S/C16H15N5O4/c1-2-25-15(23)12-7-21-13(18-12)9(8-3-4-8)5-11(20-21)10-6-17-16(24)19-14(10)22/h5-8H,2-4H2,1H3,(H2,17,19,22,24). The number of carbonyl (C=O) groups is 1. The molecule has 9 nitrogen and oxygen atoms in total. The highest BCUT2D eigenvalue weighted by molar-refractivity contribution is 5.88. The second-order valence-corrected chi connectivity index (χ2v) is 5.86. The number of nitrogens with zero attached hydrogens (tertiary/aromatic N) is 3. The number of rotatable bonds is 4. The van der Waals surface area contributed by atoms with Crippen molar-refractivity contribution in [3.63, 3.8) is 0 Å². The Bertz CT molecular complexity index is 1090. The molecule has 1 aliphatic rings. The zero-order valence-electron chi connectivity index (χ0n) is 13.4. The van der Waals surface area contributed by atoms with Gasteiger partial charge in [-0.2, -0.15) is 5.10 Å². The summed E-state index contributed by atoms with van der Waals surface area (Å²) in [6.45, 7) is 1.98. The summed E-state index contributed by atoms with van der Waals surface area (Å²) in [7, 11) is 0. The third-order valence-electron chi connectivity index (χ3n) is 4.05. The second kappa shape index (κ2) is 5.69. The zero-order chi connectivity index (χ0) is 17.6. The van der Waals surface area contributed by atoms with E-state index in [2.05, 4.69) is 20.1 Å². The molecular weight excluding hydrogens is 326 g/mol. The molecular formula is C16H15N5O4. The lowest BCUT2D eigenvalue weighted by molar-refractivity contribution is 0.0520. The minimum atomic E-state index is -0.579. The van der Waals surface area contributed by atoms with Crippen LogP contribution in [-0.4, -0.2) is 37.1 Å². The normalized spacial score (nSPS) is 14.0. The Hall–Kier alpha value is -3.23. The van der Waals surface area contributed by atoms with Gasteiger partial charge in [0.1, 0.15) is 0 Å². The van der Waals surface area contributed by atoms with E-state index in [9.17, 15) is 14.4 Å². The lowest BCUT2D eigenvalue weighted by atomic mass is 10.1. The molecule has 4 rings (SSSR count). The van der Waals surface area contributed by atoms with E-state index in [1.165, 1.54) is 16.9 Å². The van der Waals surface area contributed by atoms with Crippen molar-refractivity contribution in [2.75, 3.05) is 6.61 Å². The molecule has 3 aromatic heterocycles. The van der Waals surface area contributed by atoms with Gasteiger partial charge >= 0.3 is 11.7 Å². The molecule has 0 amide bonds. The topological polar surface area (TPSA) is 122 Å². The first-order chi connectivity index (χ1) is 12.1. The van der Waals surface area contributed by atoms with E-state index in [1.54, 1.807) is 13.0 Å². The van der Waals surface area contributed by atoms with Crippen molar-refractivity contribution in [3.8, 4) is 11.3 Å². The van der Waals surface area contributed by atoms with Crippen LogP contribution in [0.3, 0.4) is 0 Å². The van der Waals surface area contributed by atoms with Crippen LogP contribution in [0.25, 0.3) is 16.9 Å². The van der Waals surface area contributed by atoms with Crippen molar-refractivity contribution in [2.45, 2.75) is 25.7 Å². The number of nitrogens with one attached hydrogen (secondary N) is 2. The van der Waals surface area contributed by atoms with Crippen molar-refractivity contribution in [1.82, 2.24) is 24.6 Å². The molecule has 0 atom stereocenters. The Kier molecular flexibility index (Phi) is 3.48. The van der Waals surface area contributed by atoms with Crippen LogP contribution in [0.15, 0.2) is 28.0 Å². The fourth-order valence-corrected chi connectivity index (χ4v) is 2.73. The molecule has 1 aliphatic carbocycles. The predicted octanol–water partition coefficient (Wildman–Crippen LogP) is 0.827. The summed E-state index contributed by atoms with van der Waals surface area (Å²) in [6, 6.07) is 1.79. The number of hydrogen-bond acceptors (Lipinski definition) is 6. The molecule has 1 saturated carbocycles. The van der Waals surface area contributed by atoms with Gasteiger partial charge in [-0.05, 0) is 31.7 Å². The highest BCUT2D eigenvalue weighted by atomic mass is 16.5. The van der Waals surface area contributed by atoms with Crippen LogP contribution in [0, 0.1) is 0 Å². The molecule has 2 N–H and O–H groups in total. The molecule has 3 aromatic rings. The summed E-state index contributed by atoms with van der Waals surface area (Å²) in [6.07, 6.45) is 4.85. The van der Waals surface area contributed by atoms with E-state index in [-0.39, 0.29) is 17.9 Å². The molecule has 0 aliphatic heterocycles. The molecule has 0 saturated heterocycles. The molecule has 9 heteroatoms. The third kappa shape index (κ3) is 2.73. The number of carbonyl (C=O) groups excluding carboxylic acids is 1. The molecule has 0 unspecified atom stereocenters. The molecule has 0 spiro atoms.